The zero-order valence-electron chi connectivity index (χ0n) is 10.2. The summed E-state index contributed by atoms with van der Waals surface area (Å²) in [7, 11) is 0. The van der Waals surface area contributed by atoms with Gasteiger partial charge in [0.05, 0.1) is 12.0 Å². The molecule has 0 aromatic rings. The molecule has 106 valence electrons. The molecule has 1 aliphatic rings. The van der Waals surface area contributed by atoms with Crippen molar-refractivity contribution in [2.75, 3.05) is 19.6 Å². The zero-order valence-corrected chi connectivity index (χ0v) is 10.2. The van der Waals surface area contributed by atoms with Crippen LogP contribution in [0.1, 0.15) is 26.2 Å². The fraction of sp³-hybridized carbons (Fsp3) is 0.909. The molecule has 1 fully saturated rings. The highest BCUT2D eigenvalue weighted by Gasteiger charge is 2.43. The van der Waals surface area contributed by atoms with Gasteiger partial charge in [-0.2, -0.15) is 8.78 Å². The third kappa shape index (κ3) is 3.34. The molecule has 0 aliphatic carbocycles. The number of carbonyl (C=O) groups excluding carboxylic acids is 1. The van der Waals surface area contributed by atoms with Gasteiger partial charge in [0.2, 0.25) is 5.91 Å². The van der Waals surface area contributed by atoms with Crippen LogP contribution in [0.5, 0.6) is 0 Å². The first-order valence-corrected chi connectivity index (χ1v) is 5.99. The average Bonchev–Trinajstić information content (AvgIpc) is 2.36. The van der Waals surface area contributed by atoms with Crippen LogP contribution < -0.4 is 10.6 Å². The van der Waals surface area contributed by atoms with Crippen molar-refractivity contribution in [3.8, 4) is 0 Å². The molecular weight excluding hydrogens is 252 g/mol. The first kappa shape index (κ1) is 15.2. The number of rotatable bonds is 5. The van der Waals surface area contributed by atoms with Crippen molar-refractivity contribution in [2.45, 2.75) is 38.5 Å². The Balaban J connectivity index is 2.58. The first-order chi connectivity index (χ1) is 8.34. The zero-order chi connectivity index (χ0) is 13.8. The summed E-state index contributed by atoms with van der Waals surface area (Å²) in [6, 6.07) is 0. The van der Waals surface area contributed by atoms with Crippen molar-refractivity contribution in [1.82, 2.24) is 10.6 Å². The lowest BCUT2D eigenvalue weighted by atomic mass is 9.76. The van der Waals surface area contributed by atoms with Gasteiger partial charge in [0.1, 0.15) is 0 Å². The Morgan fingerprint density at radius 2 is 1.94 bits per heavy atom. The number of amides is 1. The second-order valence-electron chi connectivity index (χ2n) is 4.63. The smallest absolute Gasteiger partial charge is 0.324 e. The Morgan fingerprint density at radius 3 is 2.39 bits per heavy atom. The van der Waals surface area contributed by atoms with Crippen LogP contribution in [0.25, 0.3) is 0 Å². The van der Waals surface area contributed by atoms with Gasteiger partial charge in [0.25, 0.3) is 0 Å². The number of hydrogen-bond donors (Lipinski definition) is 2. The minimum absolute atomic E-state index is 0.515. The lowest BCUT2D eigenvalue weighted by Crippen LogP contribution is -2.50. The summed E-state index contributed by atoms with van der Waals surface area (Å²) >= 11 is 0. The Labute approximate surface area is 103 Å². The molecular formula is C11H18F4N2O. The molecule has 1 aliphatic heterocycles. The van der Waals surface area contributed by atoms with Gasteiger partial charge < -0.3 is 10.6 Å². The maximum Gasteiger partial charge on any atom is 0.324 e. The summed E-state index contributed by atoms with van der Waals surface area (Å²) in [5, 5.41) is 5.04. The molecule has 18 heavy (non-hydrogen) atoms. The summed E-state index contributed by atoms with van der Waals surface area (Å²) in [5.74, 6) is -4.72. The normalized spacial score (nSPS) is 19.9. The summed E-state index contributed by atoms with van der Waals surface area (Å²) in [4.78, 5) is 11.9. The van der Waals surface area contributed by atoms with E-state index in [-0.39, 0.29) is 0 Å². The van der Waals surface area contributed by atoms with Crippen molar-refractivity contribution in [3.05, 3.63) is 0 Å². The van der Waals surface area contributed by atoms with Crippen LogP contribution in [0.15, 0.2) is 0 Å². The minimum atomic E-state index is -4.17. The second-order valence-corrected chi connectivity index (χ2v) is 4.63. The molecule has 7 heteroatoms. The number of carbonyl (C=O) groups is 1. The van der Waals surface area contributed by atoms with Crippen LogP contribution in [0, 0.1) is 5.41 Å². The van der Waals surface area contributed by atoms with Gasteiger partial charge in [0, 0.05) is 0 Å². The summed E-state index contributed by atoms with van der Waals surface area (Å²) in [5.41, 5.74) is -0.705. The van der Waals surface area contributed by atoms with E-state index in [9.17, 15) is 22.4 Å². The fourth-order valence-corrected chi connectivity index (χ4v) is 2.11. The van der Waals surface area contributed by atoms with E-state index in [0.717, 1.165) is 0 Å². The molecule has 1 heterocycles. The minimum Gasteiger partial charge on any atom is -0.349 e. The van der Waals surface area contributed by atoms with Gasteiger partial charge in [-0.15, -0.1) is 0 Å². The molecule has 0 bridgehead atoms. The van der Waals surface area contributed by atoms with Gasteiger partial charge in [-0.1, -0.05) is 6.92 Å². The third-order valence-corrected chi connectivity index (χ3v) is 3.52. The third-order valence-electron chi connectivity index (χ3n) is 3.52. The lowest BCUT2D eigenvalue weighted by molar-refractivity contribution is -0.144. The summed E-state index contributed by atoms with van der Waals surface area (Å²) < 4.78 is 49.4. The van der Waals surface area contributed by atoms with Gasteiger partial charge in [0.15, 0.2) is 0 Å². The van der Waals surface area contributed by atoms with E-state index in [2.05, 4.69) is 5.32 Å². The Morgan fingerprint density at radius 1 is 1.39 bits per heavy atom. The number of piperidine rings is 1. The second kappa shape index (κ2) is 5.86. The standard InChI is InChI=1S/C11H18F4N2O/c1-2-10(3-5-16-6-4-10)9(18)17-7-11(14,15)8(12)13/h8,16H,2-7H2,1H3,(H,17,18). The molecule has 3 nitrogen and oxygen atoms in total. The molecule has 0 unspecified atom stereocenters. The topological polar surface area (TPSA) is 41.1 Å². The van der Waals surface area contributed by atoms with E-state index in [1.54, 1.807) is 6.92 Å². The molecule has 0 atom stereocenters. The summed E-state index contributed by atoms with van der Waals surface area (Å²) in [6.07, 6.45) is -2.17. The van der Waals surface area contributed by atoms with Crippen molar-refractivity contribution < 1.29 is 22.4 Å². The summed E-state index contributed by atoms with van der Waals surface area (Å²) in [6.45, 7) is 1.76. The Bertz CT molecular complexity index is 291. The van der Waals surface area contributed by atoms with Gasteiger partial charge in [-0.3, -0.25) is 4.79 Å². The number of nitrogens with one attached hydrogen (secondary N) is 2. The van der Waals surface area contributed by atoms with Crippen LogP contribution in [-0.2, 0) is 4.79 Å². The molecule has 0 aromatic heterocycles. The van der Waals surface area contributed by atoms with Crippen LogP contribution in [0.2, 0.25) is 0 Å². The van der Waals surface area contributed by atoms with Crippen molar-refractivity contribution in [1.29, 1.82) is 0 Å². The quantitative estimate of drug-likeness (QED) is 0.748. The van der Waals surface area contributed by atoms with Crippen LogP contribution in [0.4, 0.5) is 17.6 Å². The lowest BCUT2D eigenvalue weighted by Gasteiger charge is -2.35. The average molecular weight is 270 g/mol. The van der Waals surface area contributed by atoms with Crippen LogP contribution >= 0.6 is 0 Å². The predicted octanol–water partition coefficient (Wildman–Crippen LogP) is 1.78. The van der Waals surface area contributed by atoms with Crippen molar-refractivity contribution >= 4 is 5.91 Å². The number of halogens is 4. The van der Waals surface area contributed by atoms with E-state index >= 15 is 0 Å². The molecule has 1 amide bonds. The SMILES string of the molecule is CCC1(C(=O)NCC(F)(F)C(F)F)CCNCC1. The maximum absolute atomic E-state index is 12.7. The van der Waals surface area contributed by atoms with Gasteiger partial charge >= 0.3 is 12.3 Å². The highest BCUT2D eigenvalue weighted by atomic mass is 19.3. The molecule has 1 rings (SSSR count). The van der Waals surface area contributed by atoms with Crippen molar-refractivity contribution in [2.24, 2.45) is 5.41 Å². The van der Waals surface area contributed by atoms with Crippen LogP contribution in [0.3, 0.4) is 0 Å². The maximum atomic E-state index is 12.7. The van der Waals surface area contributed by atoms with Crippen LogP contribution in [-0.4, -0.2) is 37.9 Å². The molecule has 0 spiro atoms. The molecule has 0 aromatic carbocycles. The monoisotopic (exact) mass is 270 g/mol. The number of hydrogen-bond acceptors (Lipinski definition) is 2. The fourth-order valence-electron chi connectivity index (χ4n) is 2.11. The Hall–Kier alpha value is -0.850. The van der Waals surface area contributed by atoms with Crippen molar-refractivity contribution in [3.63, 3.8) is 0 Å². The van der Waals surface area contributed by atoms with E-state index in [1.165, 1.54) is 0 Å². The van der Waals surface area contributed by atoms with Gasteiger partial charge in [-0.25, -0.2) is 8.78 Å². The van der Waals surface area contributed by atoms with E-state index in [1.807, 2.05) is 5.32 Å². The molecule has 1 saturated heterocycles. The van der Waals surface area contributed by atoms with E-state index < -0.39 is 30.2 Å². The first-order valence-electron chi connectivity index (χ1n) is 5.99. The molecule has 2 N–H and O–H groups in total. The molecule has 0 radical (unpaired) electrons. The predicted molar refractivity (Wildman–Crippen MR) is 58.8 cm³/mol. The van der Waals surface area contributed by atoms with Gasteiger partial charge in [-0.05, 0) is 32.4 Å². The highest BCUT2D eigenvalue weighted by molar-refractivity contribution is 5.82. The van der Waals surface area contributed by atoms with E-state index in [4.69, 9.17) is 0 Å². The largest absolute Gasteiger partial charge is 0.349 e. The molecule has 0 saturated carbocycles. The highest BCUT2D eigenvalue weighted by Crippen LogP contribution is 2.33. The number of alkyl halides is 4. The van der Waals surface area contributed by atoms with E-state index in [0.29, 0.717) is 32.4 Å². The Kier molecular flexibility index (Phi) is 4.95.